The number of rotatable bonds is 2. The first kappa shape index (κ1) is 8.91. The van der Waals surface area contributed by atoms with Gasteiger partial charge in [0.1, 0.15) is 0 Å². The van der Waals surface area contributed by atoms with Crippen molar-refractivity contribution in [3.05, 3.63) is 12.1 Å². The van der Waals surface area contributed by atoms with Crippen LogP contribution in [0.3, 0.4) is 0 Å². The molecule has 0 aromatic carbocycles. The van der Waals surface area contributed by atoms with Crippen LogP contribution in [0.1, 0.15) is 0 Å². The molecule has 0 unspecified atom stereocenters. The van der Waals surface area contributed by atoms with Crippen LogP contribution in [0, 0.1) is 5.41 Å². The van der Waals surface area contributed by atoms with Gasteiger partial charge in [-0.1, -0.05) is 0 Å². The van der Waals surface area contributed by atoms with Gasteiger partial charge in [-0.15, -0.1) is 10.2 Å². The summed E-state index contributed by atoms with van der Waals surface area (Å²) in [6.07, 6.45) is 0. The Morgan fingerprint density at radius 3 is 2.60 bits per heavy atom. The number of hydrogen-bond acceptors (Lipinski definition) is 5. The fraction of sp³-hybridized carbons (Fsp3) is 0.600. The van der Waals surface area contributed by atoms with Crippen molar-refractivity contribution in [2.24, 2.45) is 5.41 Å². The molecule has 5 nitrogen and oxygen atoms in total. The maximum atomic E-state index is 5.22. The molecule has 15 heavy (non-hydrogen) atoms. The van der Waals surface area contributed by atoms with Crippen LogP contribution >= 0.6 is 0 Å². The first-order valence-corrected chi connectivity index (χ1v) is 5.02. The molecule has 0 atom stereocenters. The summed E-state index contributed by atoms with van der Waals surface area (Å²) in [6.45, 7) is 3.86. The summed E-state index contributed by atoms with van der Waals surface area (Å²) in [5.74, 6) is 1.48. The highest BCUT2D eigenvalue weighted by Crippen LogP contribution is 2.39. The van der Waals surface area contributed by atoms with E-state index in [9.17, 15) is 0 Å². The Hall–Kier alpha value is -1.36. The summed E-state index contributed by atoms with van der Waals surface area (Å²) in [5, 5.41) is 8.05. The van der Waals surface area contributed by atoms with E-state index < -0.39 is 0 Å². The molecule has 2 aliphatic heterocycles. The van der Waals surface area contributed by atoms with Crippen molar-refractivity contribution in [2.45, 2.75) is 0 Å². The molecule has 0 aliphatic carbocycles. The molecule has 3 rings (SSSR count). The van der Waals surface area contributed by atoms with E-state index >= 15 is 0 Å². The van der Waals surface area contributed by atoms with Crippen molar-refractivity contribution in [2.75, 3.05) is 38.3 Å². The molecule has 2 aliphatic rings. The summed E-state index contributed by atoms with van der Waals surface area (Å²) in [6, 6.07) is 3.78. The van der Waals surface area contributed by atoms with Crippen molar-refractivity contribution in [3.63, 3.8) is 0 Å². The van der Waals surface area contributed by atoms with Gasteiger partial charge in [-0.05, 0) is 6.07 Å². The number of methoxy groups -OCH3 is 1. The second-order valence-corrected chi connectivity index (χ2v) is 4.28. The van der Waals surface area contributed by atoms with Gasteiger partial charge in [-0.2, -0.15) is 0 Å². The molecule has 5 heteroatoms. The molecule has 3 heterocycles. The molecule has 1 aromatic heterocycles. The van der Waals surface area contributed by atoms with Gasteiger partial charge in [-0.3, -0.25) is 0 Å². The van der Waals surface area contributed by atoms with Crippen LogP contribution in [0.5, 0.6) is 5.88 Å². The lowest BCUT2D eigenvalue weighted by molar-refractivity contribution is -0.127. The van der Waals surface area contributed by atoms with Gasteiger partial charge in [0.15, 0.2) is 5.82 Å². The molecule has 0 N–H and O–H groups in total. The van der Waals surface area contributed by atoms with Gasteiger partial charge in [0, 0.05) is 19.2 Å². The van der Waals surface area contributed by atoms with Crippen LogP contribution in [-0.4, -0.2) is 43.6 Å². The Kier molecular flexibility index (Phi) is 1.82. The zero-order valence-corrected chi connectivity index (χ0v) is 8.64. The van der Waals surface area contributed by atoms with E-state index in [2.05, 4.69) is 15.1 Å². The minimum absolute atomic E-state index is 0.418. The van der Waals surface area contributed by atoms with Gasteiger partial charge in [0.2, 0.25) is 5.88 Å². The maximum Gasteiger partial charge on any atom is 0.233 e. The lowest BCUT2D eigenvalue weighted by Crippen LogP contribution is -2.66. The summed E-state index contributed by atoms with van der Waals surface area (Å²) < 4.78 is 10.2. The SMILES string of the molecule is COc1ccc(N2CC3(COC3)C2)nn1. The third-order valence-electron chi connectivity index (χ3n) is 3.03. The molecule has 2 fully saturated rings. The molecule has 0 radical (unpaired) electrons. The molecule has 80 valence electrons. The van der Waals surface area contributed by atoms with E-state index in [4.69, 9.17) is 9.47 Å². The zero-order valence-electron chi connectivity index (χ0n) is 8.64. The minimum Gasteiger partial charge on any atom is -0.480 e. The fourth-order valence-corrected chi connectivity index (χ4v) is 2.09. The Morgan fingerprint density at radius 2 is 2.13 bits per heavy atom. The van der Waals surface area contributed by atoms with Gasteiger partial charge in [0.05, 0.1) is 25.7 Å². The van der Waals surface area contributed by atoms with Crippen LogP contribution in [0.4, 0.5) is 5.82 Å². The summed E-state index contributed by atoms with van der Waals surface area (Å²) in [7, 11) is 1.59. The predicted molar refractivity (Wildman–Crippen MR) is 54.0 cm³/mol. The van der Waals surface area contributed by atoms with Crippen LogP contribution in [0.25, 0.3) is 0 Å². The Labute approximate surface area is 88.0 Å². The number of aromatic nitrogens is 2. The Morgan fingerprint density at radius 1 is 1.33 bits per heavy atom. The van der Waals surface area contributed by atoms with Crippen molar-refractivity contribution >= 4 is 5.82 Å². The highest BCUT2D eigenvalue weighted by atomic mass is 16.5. The van der Waals surface area contributed by atoms with Crippen LogP contribution < -0.4 is 9.64 Å². The predicted octanol–water partition coefficient (Wildman–Crippen LogP) is 0.322. The molecule has 2 saturated heterocycles. The highest BCUT2D eigenvalue weighted by molar-refractivity contribution is 5.43. The van der Waals surface area contributed by atoms with Gasteiger partial charge < -0.3 is 14.4 Å². The quantitative estimate of drug-likeness (QED) is 0.699. The highest BCUT2D eigenvalue weighted by Gasteiger charge is 2.49. The van der Waals surface area contributed by atoms with E-state index in [0.717, 1.165) is 32.1 Å². The molecular weight excluding hydrogens is 194 g/mol. The third-order valence-corrected chi connectivity index (χ3v) is 3.03. The standard InChI is InChI=1S/C10H13N3O2/c1-14-9-3-2-8(11-12-9)13-4-10(5-13)6-15-7-10/h2-3H,4-7H2,1H3. The third kappa shape index (κ3) is 1.34. The van der Waals surface area contributed by atoms with Crippen molar-refractivity contribution in [1.82, 2.24) is 10.2 Å². The minimum atomic E-state index is 0.418. The Balaban J connectivity index is 1.67. The molecule has 0 amide bonds. The smallest absolute Gasteiger partial charge is 0.233 e. The number of nitrogens with zero attached hydrogens (tertiary/aromatic N) is 3. The number of anilines is 1. The van der Waals surface area contributed by atoms with E-state index in [1.54, 1.807) is 7.11 Å². The fourth-order valence-electron chi connectivity index (χ4n) is 2.09. The van der Waals surface area contributed by atoms with E-state index in [1.165, 1.54) is 0 Å². The van der Waals surface area contributed by atoms with Gasteiger partial charge in [-0.25, -0.2) is 0 Å². The lowest BCUT2D eigenvalue weighted by Gasteiger charge is -2.55. The normalized spacial score (nSPS) is 22.1. The molecule has 1 aromatic rings. The van der Waals surface area contributed by atoms with Gasteiger partial charge >= 0.3 is 0 Å². The van der Waals surface area contributed by atoms with Crippen LogP contribution in [0.2, 0.25) is 0 Å². The van der Waals surface area contributed by atoms with Crippen LogP contribution in [0.15, 0.2) is 12.1 Å². The van der Waals surface area contributed by atoms with Crippen LogP contribution in [-0.2, 0) is 4.74 Å². The second kappa shape index (κ2) is 3.06. The zero-order chi connectivity index (χ0) is 10.3. The average Bonchev–Trinajstić information content (AvgIpc) is 2.14. The molecular formula is C10H13N3O2. The van der Waals surface area contributed by atoms with Crippen molar-refractivity contribution < 1.29 is 9.47 Å². The first-order valence-electron chi connectivity index (χ1n) is 5.02. The van der Waals surface area contributed by atoms with E-state index in [-0.39, 0.29) is 0 Å². The molecule has 0 bridgehead atoms. The maximum absolute atomic E-state index is 5.22. The summed E-state index contributed by atoms with van der Waals surface area (Å²) in [4.78, 5) is 2.22. The van der Waals surface area contributed by atoms with Crippen molar-refractivity contribution in [3.8, 4) is 5.88 Å². The van der Waals surface area contributed by atoms with Crippen molar-refractivity contribution in [1.29, 1.82) is 0 Å². The van der Waals surface area contributed by atoms with E-state index in [1.807, 2.05) is 12.1 Å². The van der Waals surface area contributed by atoms with Gasteiger partial charge in [0.25, 0.3) is 0 Å². The summed E-state index contributed by atoms with van der Waals surface area (Å²) in [5.41, 5.74) is 0.418. The topological polar surface area (TPSA) is 47.5 Å². The second-order valence-electron chi connectivity index (χ2n) is 4.28. The van der Waals surface area contributed by atoms with E-state index in [0.29, 0.717) is 11.3 Å². The molecule has 1 spiro atoms. The molecule has 0 saturated carbocycles. The summed E-state index contributed by atoms with van der Waals surface area (Å²) >= 11 is 0. The monoisotopic (exact) mass is 207 g/mol. The number of hydrogen-bond donors (Lipinski definition) is 0. The largest absolute Gasteiger partial charge is 0.480 e. The number of ether oxygens (including phenoxy) is 2. The Bertz CT molecular complexity index is 353. The first-order chi connectivity index (χ1) is 7.31. The lowest BCUT2D eigenvalue weighted by atomic mass is 9.78. The average molecular weight is 207 g/mol.